The van der Waals surface area contributed by atoms with Crippen molar-refractivity contribution in [3.63, 3.8) is 0 Å². The van der Waals surface area contributed by atoms with E-state index in [1.807, 2.05) is 32.0 Å². The number of esters is 1. The Balaban J connectivity index is 2.28. The van der Waals surface area contributed by atoms with Crippen LogP contribution in [0.5, 0.6) is 5.75 Å². The molecule has 0 aliphatic rings. The molecule has 0 aliphatic heterocycles. The van der Waals surface area contributed by atoms with Gasteiger partial charge in [0.05, 0.1) is 25.0 Å². The van der Waals surface area contributed by atoms with Crippen molar-refractivity contribution in [3.05, 3.63) is 56.9 Å². The maximum atomic E-state index is 13.0. The molecule has 0 bridgehead atoms. The first-order valence-corrected chi connectivity index (χ1v) is 8.46. The highest BCUT2D eigenvalue weighted by atomic mass is 16.5. The summed E-state index contributed by atoms with van der Waals surface area (Å²) in [6.45, 7) is 7.56. The maximum Gasteiger partial charge on any atom is 0.340 e. The number of aryl methyl sites for hydroxylation is 2. The van der Waals surface area contributed by atoms with Crippen molar-refractivity contribution in [2.45, 2.75) is 27.7 Å². The SMILES string of the molecule is CCOC(=O)c1cc(C)n2[nH]c(-c3ccc(OC)cc3C)c(C)c(=O)c12. The Labute approximate surface area is 151 Å². The number of carbonyl (C=O) groups excluding carboxylic acids is 1. The van der Waals surface area contributed by atoms with Crippen molar-refractivity contribution in [1.82, 2.24) is 9.61 Å². The van der Waals surface area contributed by atoms with Crippen LogP contribution in [0.15, 0.2) is 29.1 Å². The van der Waals surface area contributed by atoms with Gasteiger partial charge in [-0.3, -0.25) is 14.4 Å². The van der Waals surface area contributed by atoms with E-state index in [1.54, 1.807) is 31.5 Å². The number of rotatable bonds is 4. The Morgan fingerprint density at radius 1 is 1.19 bits per heavy atom. The summed E-state index contributed by atoms with van der Waals surface area (Å²) in [4.78, 5) is 25.2. The molecule has 0 saturated carbocycles. The van der Waals surface area contributed by atoms with Gasteiger partial charge in [-0.15, -0.1) is 0 Å². The normalized spacial score (nSPS) is 11.0. The van der Waals surface area contributed by atoms with Crippen LogP contribution in [0.1, 0.15) is 34.1 Å². The van der Waals surface area contributed by atoms with Crippen LogP contribution in [-0.4, -0.2) is 29.3 Å². The number of hydrogen-bond donors (Lipinski definition) is 1. The number of aromatic amines is 1. The van der Waals surface area contributed by atoms with E-state index in [4.69, 9.17) is 9.47 Å². The lowest BCUT2D eigenvalue weighted by molar-refractivity contribution is 0.0528. The molecular formula is C20H22N2O4. The van der Waals surface area contributed by atoms with E-state index < -0.39 is 5.97 Å². The molecule has 1 aromatic carbocycles. The van der Waals surface area contributed by atoms with Gasteiger partial charge < -0.3 is 9.47 Å². The number of ether oxygens (including phenoxy) is 2. The summed E-state index contributed by atoms with van der Waals surface area (Å²) in [6.07, 6.45) is 0. The molecular weight excluding hydrogens is 332 g/mol. The second-order valence-electron chi connectivity index (χ2n) is 6.23. The molecule has 6 heteroatoms. The number of methoxy groups -OCH3 is 1. The summed E-state index contributed by atoms with van der Waals surface area (Å²) in [5.74, 6) is 0.269. The van der Waals surface area contributed by atoms with Crippen LogP contribution in [0.4, 0.5) is 0 Å². The summed E-state index contributed by atoms with van der Waals surface area (Å²) in [7, 11) is 1.62. The number of carbonyl (C=O) groups is 1. The summed E-state index contributed by atoms with van der Waals surface area (Å²) in [5, 5.41) is 3.28. The van der Waals surface area contributed by atoms with Gasteiger partial charge in [-0.1, -0.05) is 0 Å². The number of nitrogens with one attached hydrogen (secondary N) is 1. The molecule has 6 nitrogen and oxygen atoms in total. The van der Waals surface area contributed by atoms with Crippen LogP contribution < -0.4 is 10.2 Å². The Hall–Kier alpha value is -3.02. The van der Waals surface area contributed by atoms with Gasteiger partial charge in [-0.2, -0.15) is 0 Å². The molecule has 26 heavy (non-hydrogen) atoms. The topological polar surface area (TPSA) is 72.8 Å². The smallest absolute Gasteiger partial charge is 0.340 e. The van der Waals surface area contributed by atoms with Gasteiger partial charge in [0.2, 0.25) is 5.43 Å². The zero-order valence-electron chi connectivity index (χ0n) is 15.6. The van der Waals surface area contributed by atoms with Crippen molar-refractivity contribution in [2.24, 2.45) is 0 Å². The molecule has 2 aromatic heterocycles. The predicted molar refractivity (Wildman–Crippen MR) is 100 cm³/mol. The summed E-state index contributed by atoms with van der Waals surface area (Å²) >= 11 is 0. The quantitative estimate of drug-likeness (QED) is 0.729. The molecule has 0 radical (unpaired) electrons. The fraction of sp³-hybridized carbons (Fsp3) is 0.300. The van der Waals surface area contributed by atoms with Gasteiger partial charge >= 0.3 is 5.97 Å². The second-order valence-corrected chi connectivity index (χ2v) is 6.23. The molecule has 0 atom stereocenters. The van der Waals surface area contributed by atoms with Crippen LogP contribution in [0.3, 0.4) is 0 Å². The molecule has 3 rings (SSSR count). The average Bonchev–Trinajstić information content (AvgIpc) is 2.95. The van der Waals surface area contributed by atoms with Gasteiger partial charge in [-0.05, 0) is 57.5 Å². The molecule has 1 N–H and O–H groups in total. The summed E-state index contributed by atoms with van der Waals surface area (Å²) < 4.78 is 12.0. The van der Waals surface area contributed by atoms with Crippen molar-refractivity contribution >= 4 is 11.5 Å². The first-order chi connectivity index (χ1) is 12.4. The Morgan fingerprint density at radius 3 is 2.54 bits per heavy atom. The van der Waals surface area contributed by atoms with Crippen LogP contribution >= 0.6 is 0 Å². The minimum absolute atomic E-state index is 0.190. The van der Waals surface area contributed by atoms with Crippen molar-refractivity contribution in [3.8, 4) is 17.0 Å². The highest BCUT2D eigenvalue weighted by Crippen LogP contribution is 2.28. The largest absolute Gasteiger partial charge is 0.497 e. The van der Waals surface area contributed by atoms with Gasteiger partial charge in [-0.25, -0.2) is 4.79 Å². The fourth-order valence-corrected chi connectivity index (χ4v) is 3.16. The molecule has 0 spiro atoms. The minimum atomic E-state index is -0.489. The van der Waals surface area contributed by atoms with E-state index in [0.717, 1.165) is 28.3 Å². The second kappa shape index (κ2) is 6.71. The number of aromatic nitrogens is 2. The minimum Gasteiger partial charge on any atom is -0.497 e. The van der Waals surface area contributed by atoms with Gasteiger partial charge in [0.25, 0.3) is 0 Å². The van der Waals surface area contributed by atoms with Gasteiger partial charge in [0.15, 0.2) is 0 Å². The number of fused-ring (bicyclic) bond motifs is 1. The maximum absolute atomic E-state index is 13.0. The van der Waals surface area contributed by atoms with E-state index >= 15 is 0 Å². The van der Waals surface area contributed by atoms with Crippen molar-refractivity contribution in [1.29, 1.82) is 0 Å². The van der Waals surface area contributed by atoms with Gasteiger partial charge in [0.1, 0.15) is 11.3 Å². The molecule has 2 heterocycles. The zero-order valence-corrected chi connectivity index (χ0v) is 15.6. The third-order valence-corrected chi connectivity index (χ3v) is 4.54. The highest BCUT2D eigenvalue weighted by Gasteiger charge is 2.21. The third kappa shape index (κ3) is 2.77. The molecule has 0 amide bonds. The predicted octanol–water partition coefficient (Wildman–Crippen LogP) is 3.41. The summed E-state index contributed by atoms with van der Waals surface area (Å²) in [6, 6.07) is 7.37. The Kier molecular flexibility index (Phi) is 4.59. The third-order valence-electron chi connectivity index (χ3n) is 4.54. The lowest BCUT2D eigenvalue weighted by atomic mass is 10.0. The van der Waals surface area contributed by atoms with E-state index in [9.17, 15) is 9.59 Å². The van der Waals surface area contributed by atoms with E-state index in [1.165, 1.54) is 0 Å². The Morgan fingerprint density at radius 2 is 1.92 bits per heavy atom. The Bertz CT molecular complexity index is 1060. The molecule has 3 aromatic rings. The lowest BCUT2D eigenvalue weighted by Gasteiger charge is -2.13. The molecule has 136 valence electrons. The van der Waals surface area contributed by atoms with Crippen LogP contribution in [0, 0.1) is 20.8 Å². The van der Waals surface area contributed by atoms with Crippen molar-refractivity contribution in [2.75, 3.05) is 13.7 Å². The number of benzene rings is 1. The summed E-state index contributed by atoms with van der Waals surface area (Å²) in [5.41, 5.74) is 4.33. The highest BCUT2D eigenvalue weighted by molar-refractivity contribution is 5.98. The standard InChI is InChI=1S/C20H22N2O4/c1-6-26-20(24)16-10-12(3)22-18(16)19(23)13(4)17(21-22)15-8-7-14(25-5)9-11(15)2/h7-10,21H,6H2,1-5H3. The number of hydrogen-bond acceptors (Lipinski definition) is 4. The first kappa shape index (κ1) is 17.8. The van der Waals surface area contributed by atoms with E-state index in [2.05, 4.69) is 5.10 Å². The van der Waals surface area contributed by atoms with Crippen LogP contribution in [0.2, 0.25) is 0 Å². The number of nitrogens with zero attached hydrogens (tertiary/aromatic N) is 1. The molecule has 0 fully saturated rings. The van der Waals surface area contributed by atoms with Crippen LogP contribution in [0.25, 0.3) is 16.8 Å². The van der Waals surface area contributed by atoms with Crippen LogP contribution in [-0.2, 0) is 4.74 Å². The molecule has 0 saturated heterocycles. The lowest BCUT2D eigenvalue weighted by Crippen LogP contribution is -2.17. The molecule has 0 unspecified atom stereocenters. The van der Waals surface area contributed by atoms with Crippen molar-refractivity contribution < 1.29 is 14.3 Å². The van der Waals surface area contributed by atoms with Gasteiger partial charge in [0, 0.05) is 16.8 Å². The van der Waals surface area contributed by atoms with E-state index in [-0.39, 0.29) is 17.6 Å². The average molecular weight is 354 g/mol. The first-order valence-electron chi connectivity index (χ1n) is 8.46. The zero-order chi connectivity index (χ0) is 19.0. The number of H-pyrrole nitrogens is 1. The molecule has 0 aliphatic carbocycles. The monoisotopic (exact) mass is 354 g/mol. The fourth-order valence-electron chi connectivity index (χ4n) is 3.16. The van der Waals surface area contributed by atoms with E-state index in [0.29, 0.717) is 11.1 Å².